The van der Waals surface area contributed by atoms with Crippen molar-refractivity contribution < 1.29 is 19.1 Å². The SMILES string of the molecule is CCc1cc(C2CCCCC2)c(C2CCCCC2)c(OC(=O)c2ccccc2)c1OC(=O)c1ccccc1. The van der Waals surface area contributed by atoms with E-state index in [0.717, 1.165) is 49.7 Å². The Hall–Kier alpha value is -3.40. The minimum Gasteiger partial charge on any atom is -0.419 e. The fraction of sp³-hybridized carbons (Fsp3) is 0.412. The molecular weight excluding hydrogens is 472 g/mol. The molecule has 0 spiro atoms. The Balaban J connectivity index is 1.67. The van der Waals surface area contributed by atoms with Crippen LogP contribution in [0.4, 0.5) is 0 Å². The van der Waals surface area contributed by atoms with Crippen LogP contribution in [0.1, 0.15) is 120 Å². The molecule has 3 aromatic carbocycles. The number of benzene rings is 3. The van der Waals surface area contributed by atoms with Gasteiger partial charge in [-0.1, -0.05) is 87.9 Å². The highest BCUT2D eigenvalue weighted by atomic mass is 16.6. The van der Waals surface area contributed by atoms with Crippen molar-refractivity contribution in [3.63, 3.8) is 0 Å². The van der Waals surface area contributed by atoms with Crippen LogP contribution in [0.3, 0.4) is 0 Å². The second-order valence-electron chi connectivity index (χ2n) is 10.7. The second-order valence-corrected chi connectivity index (χ2v) is 10.7. The van der Waals surface area contributed by atoms with Gasteiger partial charge in [0.15, 0.2) is 11.5 Å². The van der Waals surface area contributed by atoms with Crippen molar-refractivity contribution in [3.05, 3.63) is 94.5 Å². The zero-order valence-corrected chi connectivity index (χ0v) is 22.4. The zero-order chi connectivity index (χ0) is 26.3. The number of carbonyl (C=O) groups is 2. The first-order valence-corrected chi connectivity index (χ1v) is 14.4. The van der Waals surface area contributed by atoms with E-state index in [4.69, 9.17) is 9.47 Å². The van der Waals surface area contributed by atoms with Crippen LogP contribution in [0.25, 0.3) is 0 Å². The van der Waals surface area contributed by atoms with Crippen molar-refractivity contribution in [2.75, 3.05) is 0 Å². The molecule has 0 aliphatic heterocycles. The summed E-state index contributed by atoms with van der Waals surface area (Å²) in [6, 6.07) is 20.4. The van der Waals surface area contributed by atoms with Crippen LogP contribution in [0.5, 0.6) is 11.5 Å². The first kappa shape index (κ1) is 26.2. The van der Waals surface area contributed by atoms with Gasteiger partial charge in [-0.2, -0.15) is 0 Å². The fourth-order valence-electron chi connectivity index (χ4n) is 6.22. The average Bonchev–Trinajstić information content (AvgIpc) is 2.99. The standard InChI is InChI=1S/C34H38O4/c1-2-24-23-29(25-15-7-3-8-16-25)30(26-17-9-4-10-18-26)32(38-34(36)28-21-13-6-14-22-28)31(24)37-33(35)27-19-11-5-12-20-27/h5-6,11-14,19-23,25-26H,2-4,7-10,15-18H2,1H3. The molecule has 0 heterocycles. The molecule has 4 nitrogen and oxygen atoms in total. The Kier molecular flexibility index (Phi) is 8.58. The van der Waals surface area contributed by atoms with Crippen LogP contribution >= 0.6 is 0 Å². The maximum absolute atomic E-state index is 13.5. The average molecular weight is 511 g/mol. The summed E-state index contributed by atoms with van der Waals surface area (Å²) in [6.07, 6.45) is 12.4. The lowest BCUT2D eigenvalue weighted by molar-refractivity contribution is 0.0678. The molecule has 198 valence electrons. The molecule has 3 aromatic rings. The Bertz CT molecular complexity index is 1240. The predicted octanol–water partition coefficient (Wildman–Crippen LogP) is 8.78. The van der Waals surface area contributed by atoms with Gasteiger partial charge in [-0.3, -0.25) is 0 Å². The summed E-state index contributed by atoms with van der Waals surface area (Å²) in [4.78, 5) is 26.8. The third kappa shape index (κ3) is 5.85. The van der Waals surface area contributed by atoms with Crippen molar-refractivity contribution in [1.29, 1.82) is 0 Å². The summed E-state index contributed by atoms with van der Waals surface area (Å²) in [7, 11) is 0. The quantitative estimate of drug-likeness (QED) is 0.235. The van der Waals surface area contributed by atoms with E-state index < -0.39 is 11.9 Å². The number of ether oxygens (including phenoxy) is 2. The maximum atomic E-state index is 13.5. The Morgan fingerprint density at radius 1 is 0.658 bits per heavy atom. The van der Waals surface area contributed by atoms with E-state index in [0.29, 0.717) is 40.9 Å². The first-order chi connectivity index (χ1) is 18.7. The molecule has 0 amide bonds. The van der Waals surface area contributed by atoms with E-state index in [1.807, 2.05) is 36.4 Å². The summed E-state index contributed by atoms with van der Waals surface area (Å²) in [5.41, 5.74) is 4.30. The molecule has 0 aromatic heterocycles. The molecule has 4 heteroatoms. The summed E-state index contributed by atoms with van der Waals surface area (Å²) in [6.45, 7) is 2.07. The largest absolute Gasteiger partial charge is 0.419 e. The molecule has 0 atom stereocenters. The van der Waals surface area contributed by atoms with Crippen LogP contribution in [0.15, 0.2) is 66.7 Å². The molecule has 0 N–H and O–H groups in total. The molecule has 5 rings (SSSR count). The third-order valence-corrected chi connectivity index (χ3v) is 8.23. The zero-order valence-electron chi connectivity index (χ0n) is 22.4. The number of rotatable bonds is 7. The van der Waals surface area contributed by atoms with Gasteiger partial charge in [0.05, 0.1) is 11.1 Å². The Labute approximate surface area is 226 Å². The van der Waals surface area contributed by atoms with E-state index in [2.05, 4.69) is 13.0 Å². The number of carbonyl (C=O) groups excluding carboxylic acids is 2. The van der Waals surface area contributed by atoms with E-state index in [-0.39, 0.29) is 0 Å². The monoisotopic (exact) mass is 510 g/mol. The third-order valence-electron chi connectivity index (χ3n) is 8.23. The summed E-state index contributed by atoms with van der Waals surface area (Å²) in [5.74, 6) is 0.763. The van der Waals surface area contributed by atoms with E-state index in [1.165, 1.54) is 31.2 Å². The number of esters is 2. The van der Waals surface area contributed by atoms with Gasteiger partial charge in [0.2, 0.25) is 0 Å². The number of aryl methyl sites for hydroxylation is 1. The van der Waals surface area contributed by atoms with Crippen LogP contribution < -0.4 is 9.47 Å². The molecule has 38 heavy (non-hydrogen) atoms. The van der Waals surface area contributed by atoms with E-state index >= 15 is 0 Å². The minimum absolute atomic E-state index is 0.291. The first-order valence-electron chi connectivity index (χ1n) is 14.4. The van der Waals surface area contributed by atoms with Crippen LogP contribution in [0.2, 0.25) is 0 Å². The van der Waals surface area contributed by atoms with Crippen molar-refractivity contribution in [2.24, 2.45) is 0 Å². The lowest BCUT2D eigenvalue weighted by atomic mass is 9.74. The van der Waals surface area contributed by atoms with E-state index in [9.17, 15) is 9.59 Å². The van der Waals surface area contributed by atoms with Gasteiger partial charge in [0.25, 0.3) is 0 Å². The summed E-state index contributed by atoms with van der Waals surface area (Å²) in [5, 5.41) is 0. The smallest absolute Gasteiger partial charge is 0.343 e. The number of hydrogen-bond donors (Lipinski definition) is 0. The van der Waals surface area contributed by atoms with Gasteiger partial charge in [-0.25, -0.2) is 9.59 Å². The van der Waals surface area contributed by atoms with Crippen molar-refractivity contribution in [1.82, 2.24) is 0 Å². The van der Waals surface area contributed by atoms with Gasteiger partial charge in [0.1, 0.15) is 0 Å². The van der Waals surface area contributed by atoms with Gasteiger partial charge in [0, 0.05) is 5.56 Å². The van der Waals surface area contributed by atoms with Crippen molar-refractivity contribution >= 4 is 11.9 Å². The van der Waals surface area contributed by atoms with Crippen LogP contribution in [-0.4, -0.2) is 11.9 Å². The fourth-order valence-corrected chi connectivity index (χ4v) is 6.22. The van der Waals surface area contributed by atoms with Crippen LogP contribution in [0, 0.1) is 0 Å². The molecule has 2 saturated carbocycles. The lowest BCUT2D eigenvalue weighted by Gasteiger charge is -2.32. The van der Waals surface area contributed by atoms with Crippen LogP contribution in [-0.2, 0) is 6.42 Å². The molecule has 0 radical (unpaired) electrons. The molecule has 2 fully saturated rings. The van der Waals surface area contributed by atoms with Crippen molar-refractivity contribution in [2.45, 2.75) is 89.4 Å². The maximum Gasteiger partial charge on any atom is 0.343 e. The second kappa shape index (κ2) is 12.4. The van der Waals surface area contributed by atoms with E-state index in [1.54, 1.807) is 24.3 Å². The predicted molar refractivity (Wildman–Crippen MR) is 150 cm³/mol. The Morgan fingerprint density at radius 3 is 1.63 bits per heavy atom. The molecule has 2 aliphatic carbocycles. The molecule has 0 unspecified atom stereocenters. The van der Waals surface area contributed by atoms with Gasteiger partial charge in [-0.05, 0) is 79.3 Å². The highest BCUT2D eigenvalue weighted by Crippen LogP contribution is 2.50. The summed E-state index contributed by atoms with van der Waals surface area (Å²) >= 11 is 0. The van der Waals surface area contributed by atoms with Gasteiger partial charge < -0.3 is 9.47 Å². The van der Waals surface area contributed by atoms with Gasteiger partial charge in [-0.15, -0.1) is 0 Å². The molecule has 0 bridgehead atoms. The molecule has 0 saturated heterocycles. The Morgan fingerprint density at radius 2 is 1.13 bits per heavy atom. The topological polar surface area (TPSA) is 52.6 Å². The van der Waals surface area contributed by atoms with Crippen molar-refractivity contribution in [3.8, 4) is 11.5 Å². The number of hydrogen-bond acceptors (Lipinski definition) is 4. The minimum atomic E-state index is -0.433. The highest BCUT2D eigenvalue weighted by molar-refractivity contribution is 5.94. The normalized spacial score (nSPS) is 16.7. The highest BCUT2D eigenvalue weighted by Gasteiger charge is 2.33. The molecular formula is C34H38O4. The summed E-state index contributed by atoms with van der Waals surface area (Å²) < 4.78 is 12.5. The molecule has 2 aliphatic rings. The lowest BCUT2D eigenvalue weighted by Crippen LogP contribution is -2.20. The van der Waals surface area contributed by atoms with Gasteiger partial charge >= 0.3 is 11.9 Å².